The zero-order chi connectivity index (χ0) is 15.2. The fraction of sp³-hybridized carbons (Fsp3) is 0.467. The van der Waals surface area contributed by atoms with Crippen molar-refractivity contribution in [2.75, 3.05) is 6.54 Å². The van der Waals surface area contributed by atoms with Gasteiger partial charge in [-0.1, -0.05) is 39.2 Å². The minimum atomic E-state index is 0.226. The third-order valence-corrected chi connectivity index (χ3v) is 3.75. The van der Waals surface area contributed by atoms with E-state index in [2.05, 4.69) is 56.1 Å². The predicted octanol–water partition coefficient (Wildman–Crippen LogP) is 3.78. The molecule has 114 valence electrons. The summed E-state index contributed by atoms with van der Waals surface area (Å²) in [4.78, 5) is 0. The molecule has 2 aromatic rings. The van der Waals surface area contributed by atoms with Crippen molar-refractivity contribution < 1.29 is 9.37 Å². The van der Waals surface area contributed by atoms with Crippen LogP contribution in [0.4, 0.5) is 0 Å². The molecule has 0 bridgehead atoms. The minimum Gasteiger partial charge on any atom is -0.487 e. The number of nitrogens with zero attached hydrogens (tertiary/aromatic N) is 2. The summed E-state index contributed by atoms with van der Waals surface area (Å²) in [5, 5.41) is 11.1. The Hall–Kier alpha value is -1.40. The molecule has 6 heteroatoms. The maximum absolute atomic E-state index is 5.91. The van der Waals surface area contributed by atoms with Crippen LogP contribution in [-0.4, -0.2) is 16.9 Å². The van der Waals surface area contributed by atoms with Crippen LogP contribution in [0.2, 0.25) is 0 Å². The molecule has 21 heavy (non-hydrogen) atoms. The maximum Gasteiger partial charge on any atom is 0.145 e. The zero-order valence-corrected chi connectivity index (χ0v) is 14.1. The lowest BCUT2D eigenvalue weighted by Gasteiger charge is -2.18. The SMILES string of the molecule is CCCNC(C)c1ccc(Br)cc1OCc1nonc1C. The molecule has 2 rings (SSSR count). The molecule has 1 heterocycles. The van der Waals surface area contributed by atoms with Crippen LogP contribution in [0.15, 0.2) is 27.3 Å². The van der Waals surface area contributed by atoms with Gasteiger partial charge in [-0.25, -0.2) is 4.63 Å². The van der Waals surface area contributed by atoms with E-state index in [-0.39, 0.29) is 6.04 Å². The van der Waals surface area contributed by atoms with Crippen molar-refractivity contribution in [2.24, 2.45) is 0 Å². The summed E-state index contributed by atoms with van der Waals surface area (Å²) in [5.74, 6) is 0.836. The third-order valence-electron chi connectivity index (χ3n) is 3.25. The van der Waals surface area contributed by atoms with E-state index >= 15 is 0 Å². The van der Waals surface area contributed by atoms with Gasteiger partial charge >= 0.3 is 0 Å². The topological polar surface area (TPSA) is 60.2 Å². The van der Waals surface area contributed by atoms with Gasteiger partial charge in [-0.3, -0.25) is 0 Å². The maximum atomic E-state index is 5.91. The van der Waals surface area contributed by atoms with Gasteiger partial charge in [0.05, 0.1) is 0 Å². The lowest BCUT2D eigenvalue weighted by Crippen LogP contribution is -2.20. The van der Waals surface area contributed by atoms with Crippen LogP contribution in [0, 0.1) is 6.92 Å². The molecule has 0 saturated heterocycles. The molecule has 1 atom stereocenters. The molecule has 1 aromatic heterocycles. The number of aromatic nitrogens is 2. The molecule has 1 aromatic carbocycles. The average Bonchev–Trinajstić information content (AvgIpc) is 2.88. The van der Waals surface area contributed by atoms with Crippen LogP contribution in [0.3, 0.4) is 0 Å². The summed E-state index contributed by atoms with van der Waals surface area (Å²) < 4.78 is 11.6. The Morgan fingerprint density at radius 2 is 2.19 bits per heavy atom. The summed E-state index contributed by atoms with van der Waals surface area (Å²) in [6, 6.07) is 6.29. The second-order valence-corrected chi connectivity index (χ2v) is 5.86. The zero-order valence-electron chi connectivity index (χ0n) is 12.5. The number of rotatable bonds is 7. The summed E-state index contributed by atoms with van der Waals surface area (Å²) >= 11 is 3.48. The highest BCUT2D eigenvalue weighted by Crippen LogP contribution is 2.29. The van der Waals surface area contributed by atoms with Crippen LogP contribution in [-0.2, 0) is 6.61 Å². The van der Waals surface area contributed by atoms with E-state index in [1.54, 1.807) is 0 Å². The normalized spacial score (nSPS) is 12.4. The molecule has 0 aliphatic rings. The first-order valence-corrected chi connectivity index (χ1v) is 7.84. The highest BCUT2D eigenvalue weighted by Gasteiger charge is 2.13. The van der Waals surface area contributed by atoms with Crippen molar-refractivity contribution in [3.63, 3.8) is 0 Å². The lowest BCUT2D eigenvalue weighted by molar-refractivity contribution is 0.267. The van der Waals surface area contributed by atoms with Gasteiger partial charge in [0.1, 0.15) is 23.7 Å². The molecule has 0 amide bonds. The lowest BCUT2D eigenvalue weighted by atomic mass is 10.1. The first kappa shape index (κ1) is 16.0. The van der Waals surface area contributed by atoms with Crippen LogP contribution >= 0.6 is 15.9 Å². The number of ether oxygens (including phenoxy) is 1. The van der Waals surface area contributed by atoms with Gasteiger partial charge in [-0.2, -0.15) is 0 Å². The van der Waals surface area contributed by atoms with Gasteiger partial charge in [-0.15, -0.1) is 0 Å². The number of aryl methyl sites for hydroxylation is 1. The molecule has 5 nitrogen and oxygen atoms in total. The summed E-state index contributed by atoms with van der Waals surface area (Å²) in [6.45, 7) is 7.46. The van der Waals surface area contributed by atoms with E-state index in [1.165, 1.54) is 0 Å². The molecule has 0 aliphatic heterocycles. The Morgan fingerprint density at radius 1 is 1.38 bits per heavy atom. The quantitative estimate of drug-likeness (QED) is 0.820. The highest BCUT2D eigenvalue weighted by atomic mass is 79.9. The van der Waals surface area contributed by atoms with Gasteiger partial charge < -0.3 is 10.1 Å². The second kappa shape index (κ2) is 7.56. The van der Waals surface area contributed by atoms with Crippen molar-refractivity contribution >= 4 is 15.9 Å². The second-order valence-electron chi connectivity index (χ2n) is 4.94. The smallest absolute Gasteiger partial charge is 0.145 e. The van der Waals surface area contributed by atoms with Crippen molar-refractivity contribution in [1.82, 2.24) is 15.6 Å². The minimum absolute atomic E-state index is 0.226. The molecule has 0 spiro atoms. The fourth-order valence-electron chi connectivity index (χ4n) is 1.99. The summed E-state index contributed by atoms with van der Waals surface area (Å²) in [6.07, 6.45) is 1.10. The molecule has 0 saturated carbocycles. The van der Waals surface area contributed by atoms with Crippen LogP contribution < -0.4 is 10.1 Å². The van der Waals surface area contributed by atoms with Crippen molar-refractivity contribution in [1.29, 1.82) is 0 Å². The van der Waals surface area contributed by atoms with Gasteiger partial charge in [-0.05, 0) is 38.9 Å². The predicted molar refractivity (Wildman–Crippen MR) is 84.2 cm³/mol. The standard InChI is InChI=1S/C15H20BrN3O2/c1-4-7-17-10(2)13-6-5-12(16)8-15(13)20-9-14-11(3)18-21-19-14/h5-6,8,10,17H,4,7,9H2,1-3H3. The number of halogens is 1. The largest absolute Gasteiger partial charge is 0.487 e. The van der Waals surface area contributed by atoms with E-state index in [1.807, 2.05) is 19.1 Å². The van der Waals surface area contributed by atoms with E-state index in [4.69, 9.17) is 4.74 Å². The van der Waals surface area contributed by atoms with E-state index in [0.29, 0.717) is 6.61 Å². The molecule has 0 radical (unpaired) electrons. The van der Waals surface area contributed by atoms with Crippen LogP contribution in [0.1, 0.15) is 43.3 Å². The number of hydrogen-bond donors (Lipinski definition) is 1. The van der Waals surface area contributed by atoms with Gasteiger partial charge in [0.15, 0.2) is 0 Å². The van der Waals surface area contributed by atoms with Crippen molar-refractivity contribution in [3.8, 4) is 5.75 Å². The molecule has 1 N–H and O–H groups in total. The van der Waals surface area contributed by atoms with Gasteiger partial charge in [0.25, 0.3) is 0 Å². The third kappa shape index (κ3) is 4.28. The Morgan fingerprint density at radius 3 is 2.86 bits per heavy atom. The summed E-state index contributed by atoms with van der Waals surface area (Å²) in [5.41, 5.74) is 2.60. The monoisotopic (exact) mass is 353 g/mol. The van der Waals surface area contributed by atoms with Crippen LogP contribution in [0.25, 0.3) is 0 Å². The Bertz CT molecular complexity index is 586. The van der Waals surface area contributed by atoms with Crippen molar-refractivity contribution in [3.05, 3.63) is 39.6 Å². The number of hydrogen-bond acceptors (Lipinski definition) is 5. The molecule has 0 fully saturated rings. The van der Waals surface area contributed by atoms with Gasteiger partial charge in [0, 0.05) is 16.1 Å². The van der Waals surface area contributed by atoms with Gasteiger partial charge in [0.2, 0.25) is 0 Å². The van der Waals surface area contributed by atoms with Crippen LogP contribution in [0.5, 0.6) is 5.75 Å². The Balaban J connectivity index is 2.13. The number of benzene rings is 1. The number of nitrogens with one attached hydrogen (secondary N) is 1. The fourth-order valence-corrected chi connectivity index (χ4v) is 2.33. The highest BCUT2D eigenvalue weighted by molar-refractivity contribution is 9.10. The summed E-state index contributed by atoms with van der Waals surface area (Å²) in [7, 11) is 0. The Kier molecular flexibility index (Phi) is 5.76. The van der Waals surface area contributed by atoms with Crippen molar-refractivity contribution in [2.45, 2.75) is 39.8 Å². The van der Waals surface area contributed by atoms with E-state index in [0.717, 1.165) is 40.1 Å². The average molecular weight is 354 g/mol. The Labute approximate surface area is 133 Å². The van der Waals surface area contributed by atoms with E-state index in [9.17, 15) is 0 Å². The molecule has 0 aliphatic carbocycles. The first-order chi connectivity index (χ1) is 10.1. The molecule has 1 unspecified atom stereocenters. The first-order valence-electron chi connectivity index (χ1n) is 7.05. The van der Waals surface area contributed by atoms with E-state index < -0.39 is 0 Å². The molecular weight excluding hydrogens is 334 g/mol. The molecular formula is C15H20BrN3O2.